The zero-order valence-corrected chi connectivity index (χ0v) is 11.5. The van der Waals surface area contributed by atoms with Gasteiger partial charge in [-0.3, -0.25) is 4.79 Å². The Kier molecular flexibility index (Phi) is 4.49. The lowest BCUT2D eigenvalue weighted by Crippen LogP contribution is -2.43. The highest BCUT2D eigenvalue weighted by Gasteiger charge is 2.21. The molecule has 2 N–H and O–H groups in total. The topological polar surface area (TPSA) is 46.3 Å². The van der Waals surface area contributed by atoms with Gasteiger partial charge in [-0.1, -0.05) is 29.3 Å². The number of piperidine rings is 1. The molecule has 1 aliphatic heterocycles. The fourth-order valence-corrected chi connectivity index (χ4v) is 2.56. The fourth-order valence-electron chi connectivity index (χ4n) is 2.09. The quantitative estimate of drug-likeness (QED) is 0.908. The molecule has 1 aromatic carbocycles. The number of amides is 1. The minimum atomic E-state index is 0.103. The zero-order valence-electron chi connectivity index (χ0n) is 10.0. The predicted molar refractivity (Wildman–Crippen MR) is 74.0 cm³/mol. The monoisotopic (exact) mass is 286 g/mol. The Morgan fingerprint density at radius 3 is 2.61 bits per heavy atom. The number of rotatable bonds is 2. The molecule has 2 rings (SSSR count). The minimum absolute atomic E-state index is 0.103. The summed E-state index contributed by atoms with van der Waals surface area (Å²) in [4.78, 5) is 14.0. The number of likely N-dealkylation sites (tertiary alicyclic amines) is 1. The van der Waals surface area contributed by atoms with E-state index < -0.39 is 0 Å². The van der Waals surface area contributed by atoms with E-state index in [2.05, 4.69) is 0 Å². The molecule has 1 fully saturated rings. The summed E-state index contributed by atoms with van der Waals surface area (Å²) in [5, 5.41) is 1.13. The second-order valence-corrected chi connectivity index (χ2v) is 5.47. The summed E-state index contributed by atoms with van der Waals surface area (Å²) >= 11 is 11.9. The van der Waals surface area contributed by atoms with Gasteiger partial charge in [-0.2, -0.15) is 0 Å². The van der Waals surface area contributed by atoms with Gasteiger partial charge in [0.2, 0.25) is 5.91 Å². The van der Waals surface area contributed by atoms with Crippen molar-refractivity contribution in [3.05, 3.63) is 33.8 Å². The molecule has 98 valence electrons. The van der Waals surface area contributed by atoms with E-state index in [0.29, 0.717) is 16.5 Å². The fraction of sp³-hybridized carbons (Fsp3) is 0.462. The zero-order chi connectivity index (χ0) is 13.1. The maximum atomic E-state index is 12.1. The molecule has 0 atom stereocenters. The average molecular weight is 287 g/mol. The van der Waals surface area contributed by atoms with Crippen LogP contribution in [0.25, 0.3) is 0 Å². The van der Waals surface area contributed by atoms with Crippen LogP contribution >= 0.6 is 23.2 Å². The molecule has 0 spiro atoms. The van der Waals surface area contributed by atoms with Gasteiger partial charge in [-0.05, 0) is 30.5 Å². The lowest BCUT2D eigenvalue weighted by Gasteiger charge is -2.30. The number of carbonyl (C=O) groups excluding carboxylic acids is 1. The summed E-state index contributed by atoms with van der Waals surface area (Å²) in [6.07, 6.45) is 2.07. The minimum Gasteiger partial charge on any atom is -0.342 e. The number of halogens is 2. The lowest BCUT2D eigenvalue weighted by atomic mass is 10.0. The molecule has 0 bridgehead atoms. The predicted octanol–water partition coefficient (Wildman–Crippen LogP) is 2.49. The first-order valence-electron chi connectivity index (χ1n) is 6.03. The van der Waals surface area contributed by atoms with Crippen LogP contribution in [0.4, 0.5) is 0 Å². The van der Waals surface area contributed by atoms with Gasteiger partial charge in [0.15, 0.2) is 0 Å². The van der Waals surface area contributed by atoms with Gasteiger partial charge in [0.1, 0.15) is 0 Å². The summed E-state index contributed by atoms with van der Waals surface area (Å²) < 4.78 is 0. The molecule has 5 heteroatoms. The first-order valence-corrected chi connectivity index (χ1v) is 6.79. The van der Waals surface area contributed by atoms with E-state index in [1.807, 2.05) is 4.90 Å². The third kappa shape index (κ3) is 3.37. The molecule has 1 aliphatic rings. The molecular formula is C13H16Cl2N2O. The average Bonchev–Trinajstić information content (AvgIpc) is 2.33. The van der Waals surface area contributed by atoms with E-state index in [1.165, 1.54) is 0 Å². The van der Waals surface area contributed by atoms with Crippen molar-refractivity contribution in [1.29, 1.82) is 0 Å². The third-order valence-electron chi connectivity index (χ3n) is 3.25. The van der Waals surface area contributed by atoms with Crippen molar-refractivity contribution in [3.8, 4) is 0 Å². The van der Waals surface area contributed by atoms with E-state index in [0.717, 1.165) is 31.5 Å². The number of nitrogens with two attached hydrogens (primary N) is 1. The first kappa shape index (κ1) is 13.7. The molecule has 1 saturated heterocycles. The van der Waals surface area contributed by atoms with E-state index in [-0.39, 0.29) is 11.9 Å². The molecule has 0 radical (unpaired) electrons. The number of nitrogens with zero attached hydrogens (tertiary/aromatic N) is 1. The van der Waals surface area contributed by atoms with E-state index in [9.17, 15) is 4.79 Å². The SMILES string of the molecule is NC1CCN(C(=O)Cc2ccc(Cl)cc2Cl)CC1. The molecule has 3 nitrogen and oxygen atoms in total. The Balaban J connectivity index is 1.98. The van der Waals surface area contributed by atoms with E-state index in [1.54, 1.807) is 18.2 Å². The molecule has 0 aromatic heterocycles. The van der Waals surface area contributed by atoms with Gasteiger partial charge in [-0.15, -0.1) is 0 Å². The maximum absolute atomic E-state index is 12.1. The van der Waals surface area contributed by atoms with Gasteiger partial charge < -0.3 is 10.6 Å². The van der Waals surface area contributed by atoms with E-state index in [4.69, 9.17) is 28.9 Å². The van der Waals surface area contributed by atoms with Crippen molar-refractivity contribution in [2.24, 2.45) is 5.73 Å². The maximum Gasteiger partial charge on any atom is 0.227 e. The largest absolute Gasteiger partial charge is 0.342 e. The van der Waals surface area contributed by atoms with Crippen LogP contribution in [0, 0.1) is 0 Å². The van der Waals surface area contributed by atoms with Crippen LogP contribution in [-0.2, 0) is 11.2 Å². The van der Waals surface area contributed by atoms with Gasteiger partial charge in [0.05, 0.1) is 6.42 Å². The Hall–Kier alpha value is -0.770. The highest BCUT2D eigenvalue weighted by atomic mass is 35.5. The molecule has 1 aromatic rings. The van der Waals surface area contributed by atoms with Crippen molar-refractivity contribution in [3.63, 3.8) is 0 Å². The van der Waals surface area contributed by atoms with E-state index >= 15 is 0 Å². The van der Waals surface area contributed by atoms with Gasteiger partial charge in [-0.25, -0.2) is 0 Å². The highest BCUT2D eigenvalue weighted by Crippen LogP contribution is 2.22. The Bertz CT molecular complexity index is 443. The Labute approximate surface area is 117 Å². The van der Waals surface area contributed by atoms with Gasteiger partial charge in [0.25, 0.3) is 0 Å². The molecule has 1 heterocycles. The Morgan fingerprint density at radius 2 is 2.00 bits per heavy atom. The summed E-state index contributed by atoms with van der Waals surface area (Å²) in [5.41, 5.74) is 6.64. The van der Waals surface area contributed by atoms with Gasteiger partial charge >= 0.3 is 0 Å². The second kappa shape index (κ2) is 5.91. The van der Waals surface area contributed by atoms with Crippen molar-refractivity contribution in [2.45, 2.75) is 25.3 Å². The normalized spacial score (nSPS) is 16.9. The van der Waals surface area contributed by atoms with Crippen LogP contribution in [0.15, 0.2) is 18.2 Å². The van der Waals surface area contributed by atoms with Crippen molar-refractivity contribution in [1.82, 2.24) is 4.90 Å². The van der Waals surface area contributed by atoms with Crippen LogP contribution in [0.3, 0.4) is 0 Å². The van der Waals surface area contributed by atoms with Crippen LogP contribution in [0.2, 0.25) is 10.0 Å². The molecule has 0 unspecified atom stereocenters. The van der Waals surface area contributed by atoms with Crippen LogP contribution in [0.1, 0.15) is 18.4 Å². The second-order valence-electron chi connectivity index (χ2n) is 4.63. The number of hydrogen-bond acceptors (Lipinski definition) is 2. The lowest BCUT2D eigenvalue weighted by molar-refractivity contribution is -0.131. The van der Waals surface area contributed by atoms with Crippen molar-refractivity contribution >= 4 is 29.1 Å². The smallest absolute Gasteiger partial charge is 0.227 e. The van der Waals surface area contributed by atoms with Gasteiger partial charge in [0, 0.05) is 29.2 Å². The molecular weight excluding hydrogens is 271 g/mol. The highest BCUT2D eigenvalue weighted by molar-refractivity contribution is 6.35. The standard InChI is InChI=1S/C13H16Cl2N2O/c14-10-2-1-9(12(15)8-10)7-13(18)17-5-3-11(16)4-6-17/h1-2,8,11H,3-7,16H2. The molecule has 1 amide bonds. The summed E-state index contributed by atoms with van der Waals surface area (Å²) in [6, 6.07) is 5.45. The van der Waals surface area contributed by atoms with Crippen LogP contribution in [-0.4, -0.2) is 29.9 Å². The van der Waals surface area contributed by atoms with Crippen molar-refractivity contribution in [2.75, 3.05) is 13.1 Å². The van der Waals surface area contributed by atoms with Crippen molar-refractivity contribution < 1.29 is 4.79 Å². The summed E-state index contributed by atoms with van der Waals surface area (Å²) in [6.45, 7) is 1.48. The summed E-state index contributed by atoms with van der Waals surface area (Å²) in [5.74, 6) is 0.103. The molecule has 0 saturated carbocycles. The third-order valence-corrected chi connectivity index (χ3v) is 3.84. The molecule has 0 aliphatic carbocycles. The van der Waals surface area contributed by atoms with Crippen LogP contribution in [0.5, 0.6) is 0 Å². The number of hydrogen-bond donors (Lipinski definition) is 1. The Morgan fingerprint density at radius 1 is 1.33 bits per heavy atom. The molecule has 18 heavy (non-hydrogen) atoms. The summed E-state index contributed by atoms with van der Waals surface area (Å²) in [7, 11) is 0. The number of carbonyl (C=O) groups is 1. The first-order chi connectivity index (χ1) is 8.56. The van der Waals surface area contributed by atoms with Crippen LogP contribution < -0.4 is 5.73 Å². The number of benzene rings is 1.